The fraction of sp³-hybridized carbons (Fsp3) is 0.200. The van der Waals surface area contributed by atoms with Gasteiger partial charge < -0.3 is 9.15 Å². The molecule has 0 spiro atoms. The summed E-state index contributed by atoms with van der Waals surface area (Å²) in [6.45, 7) is 8.37. The van der Waals surface area contributed by atoms with Crippen molar-refractivity contribution < 1.29 is 13.5 Å². The number of halogens is 1. The van der Waals surface area contributed by atoms with E-state index in [1.54, 1.807) is 19.2 Å². The van der Waals surface area contributed by atoms with Gasteiger partial charge in [-0.05, 0) is 54.8 Å². The van der Waals surface area contributed by atoms with Crippen molar-refractivity contribution in [2.45, 2.75) is 19.3 Å². The van der Waals surface area contributed by atoms with E-state index in [1.807, 2.05) is 18.2 Å². The molecule has 1 heterocycles. The van der Waals surface area contributed by atoms with Gasteiger partial charge in [0.25, 0.3) is 0 Å². The number of hydrogen-bond acceptors (Lipinski definition) is 2. The van der Waals surface area contributed by atoms with Gasteiger partial charge in [0.2, 0.25) is 0 Å². The molecule has 0 atom stereocenters. The molecule has 2 aromatic carbocycles. The zero-order valence-corrected chi connectivity index (χ0v) is 13.4. The largest absolute Gasteiger partial charge is 0.497 e. The number of ether oxygens (including phenoxy) is 1. The summed E-state index contributed by atoms with van der Waals surface area (Å²) in [5, 5.41) is 0.516. The third-order valence-electron chi connectivity index (χ3n) is 4.76. The average molecular weight is 308 g/mol. The number of methoxy groups -OCH3 is 1. The van der Waals surface area contributed by atoms with E-state index < -0.39 is 5.41 Å². The minimum atomic E-state index is -0.397. The molecule has 0 aliphatic heterocycles. The van der Waals surface area contributed by atoms with E-state index in [1.165, 1.54) is 6.07 Å². The molecule has 4 rings (SSSR count). The van der Waals surface area contributed by atoms with Crippen LogP contribution in [0.5, 0.6) is 5.75 Å². The first-order valence-corrected chi connectivity index (χ1v) is 7.55. The summed E-state index contributed by atoms with van der Waals surface area (Å²) in [6.07, 6.45) is 0. The van der Waals surface area contributed by atoms with Crippen LogP contribution in [0.2, 0.25) is 0 Å². The fourth-order valence-corrected chi connectivity index (χ4v) is 3.52. The van der Waals surface area contributed by atoms with Gasteiger partial charge in [-0.3, -0.25) is 0 Å². The molecule has 2 nitrogen and oxygen atoms in total. The van der Waals surface area contributed by atoms with Gasteiger partial charge in [-0.25, -0.2) is 4.39 Å². The van der Waals surface area contributed by atoms with E-state index in [2.05, 4.69) is 20.4 Å². The molecule has 1 aliphatic rings. The first-order chi connectivity index (χ1) is 10.9. The molecular formula is C20H17FO2. The van der Waals surface area contributed by atoms with Crippen LogP contribution in [0.3, 0.4) is 0 Å². The smallest absolute Gasteiger partial charge is 0.137 e. The van der Waals surface area contributed by atoms with Gasteiger partial charge in [-0.2, -0.15) is 0 Å². The van der Waals surface area contributed by atoms with Crippen molar-refractivity contribution in [2.24, 2.45) is 0 Å². The Morgan fingerprint density at radius 1 is 1.17 bits per heavy atom. The Kier molecular flexibility index (Phi) is 2.74. The molecule has 1 aromatic heterocycles. The van der Waals surface area contributed by atoms with Crippen LogP contribution in [-0.4, -0.2) is 7.11 Å². The summed E-state index contributed by atoms with van der Waals surface area (Å²) in [5.41, 5.74) is 3.82. The van der Waals surface area contributed by atoms with Crippen LogP contribution in [-0.2, 0) is 5.41 Å². The highest BCUT2D eigenvalue weighted by atomic mass is 19.1. The third kappa shape index (κ3) is 1.73. The molecule has 0 saturated carbocycles. The number of rotatable bonds is 1. The number of fused-ring (bicyclic) bond motifs is 4. The SMILES string of the molecule is C=C1c2ccc(OC)cc2C(C)(C)c2oc3cccc(F)c3c21. The van der Waals surface area contributed by atoms with E-state index in [0.29, 0.717) is 11.0 Å². The molecule has 116 valence electrons. The standard InChI is InChI=1S/C20H17FO2/c1-11-13-9-8-12(22-4)10-14(13)20(2,3)19-17(11)18-15(21)6-5-7-16(18)23-19/h5-10H,1H2,2-4H3. The van der Waals surface area contributed by atoms with Crippen molar-refractivity contribution in [3.63, 3.8) is 0 Å². The normalized spacial score (nSPS) is 15.4. The molecule has 1 aliphatic carbocycles. The zero-order chi connectivity index (χ0) is 16.4. The van der Waals surface area contributed by atoms with Crippen molar-refractivity contribution in [3.8, 4) is 5.75 Å². The molecule has 23 heavy (non-hydrogen) atoms. The van der Waals surface area contributed by atoms with Crippen LogP contribution in [0.1, 0.15) is 36.3 Å². The van der Waals surface area contributed by atoms with Crippen LogP contribution in [0, 0.1) is 5.82 Å². The third-order valence-corrected chi connectivity index (χ3v) is 4.76. The Bertz CT molecular complexity index is 963. The Morgan fingerprint density at radius 2 is 1.96 bits per heavy atom. The second-order valence-corrected chi connectivity index (χ2v) is 6.43. The van der Waals surface area contributed by atoms with Crippen LogP contribution < -0.4 is 4.74 Å². The maximum atomic E-state index is 14.4. The van der Waals surface area contributed by atoms with Crippen molar-refractivity contribution >= 4 is 16.5 Å². The summed E-state index contributed by atoms with van der Waals surface area (Å²) in [7, 11) is 1.65. The van der Waals surface area contributed by atoms with Crippen molar-refractivity contribution in [1.29, 1.82) is 0 Å². The highest BCUT2D eigenvalue weighted by Gasteiger charge is 2.39. The van der Waals surface area contributed by atoms with Gasteiger partial charge in [0.1, 0.15) is 22.9 Å². The quantitative estimate of drug-likeness (QED) is 0.610. The molecule has 0 radical (unpaired) electrons. The highest BCUT2D eigenvalue weighted by molar-refractivity contribution is 5.99. The molecule has 0 unspecified atom stereocenters. The topological polar surface area (TPSA) is 22.4 Å². The van der Waals surface area contributed by atoms with Crippen molar-refractivity contribution in [1.82, 2.24) is 0 Å². The molecule has 0 amide bonds. The van der Waals surface area contributed by atoms with Crippen molar-refractivity contribution in [3.05, 3.63) is 71.2 Å². The lowest BCUT2D eigenvalue weighted by Gasteiger charge is -2.32. The lowest BCUT2D eigenvalue weighted by atomic mass is 9.70. The zero-order valence-electron chi connectivity index (χ0n) is 13.4. The summed E-state index contributed by atoms with van der Waals surface area (Å²) in [5.74, 6) is 1.26. The summed E-state index contributed by atoms with van der Waals surface area (Å²) < 4.78 is 25.8. The molecular weight excluding hydrogens is 291 g/mol. The minimum Gasteiger partial charge on any atom is -0.497 e. The molecule has 0 bridgehead atoms. The maximum Gasteiger partial charge on any atom is 0.137 e. The Hall–Kier alpha value is -2.55. The summed E-state index contributed by atoms with van der Waals surface area (Å²) >= 11 is 0. The van der Waals surface area contributed by atoms with E-state index in [-0.39, 0.29) is 5.82 Å². The van der Waals surface area contributed by atoms with Crippen LogP contribution >= 0.6 is 0 Å². The molecule has 3 heteroatoms. The highest BCUT2D eigenvalue weighted by Crippen LogP contribution is 2.50. The molecule has 3 aromatic rings. The van der Waals surface area contributed by atoms with Gasteiger partial charge in [0, 0.05) is 11.0 Å². The first-order valence-electron chi connectivity index (χ1n) is 7.55. The lowest BCUT2D eigenvalue weighted by molar-refractivity contribution is 0.409. The minimum absolute atomic E-state index is 0.276. The maximum absolute atomic E-state index is 14.4. The second kappa shape index (κ2) is 4.48. The van der Waals surface area contributed by atoms with Crippen LogP contribution in [0.25, 0.3) is 16.5 Å². The van der Waals surface area contributed by atoms with E-state index in [0.717, 1.165) is 33.8 Å². The predicted octanol–water partition coefficient (Wildman–Crippen LogP) is 5.28. The Morgan fingerprint density at radius 3 is 2.70 bits per heavy atom. The predicted molar refractivity (Wildman–Crippen MR) is 89.4 cm³/mol. The van der Waals surface area contributed by atoms with Gasteiger partial charge in [0.15, 0.2) is 0 Å². The average Bonchev–Trinajstić information content (AvgIpc) is 2.95. The molecule has 0 saturated heterocycles. The van der Waals surface area contributed by atoms with Crippen LogP contribution in [0.15, 0.2) is 47.4 Å². The summed E-state index contributed by atoms with van der Waals surface area (Å²) in [6, 6.07) is 10.8. The van der Waals surface area contributed by atoms with E-state index in [9.17, 15) is 4.39 Å². The number of furan rings is 1. The monoisotopic (exact) mass is 308 g/mol. The van der Waals surface area contributed by atoms with E-state index in [4.69, 9.17) is 9.15 Å². The summed E-state index contributed by atoms with van der Waals surface area (Å²) in [4.78, 5) is 0. The molecule has 0 N–H and O–H groups in total. The van der Waals surface area contributed by atoms with Gasteiger partial charge in [-0.1, -0.05) is 18.7 Å². The van der Waals surface area contributed by atoms with Gasteiger partial charge in [-0.15, -0.1) is 0 Å². The second-order valence-electron chi connectivity index (χ2n) is 6.43. The first kappa shape index (κ1) is 14.1. The van der Waals surface area contributed by atoms with Gasteiger partial charge >= 0.3 is 0 Å². The van der Waals surface area contributed by atoms with Crippen molar-refractivity contribution in [2.75, 3.05) is 7.11 Å². The Labute approximate surface area is 134 Å². The van der Waals surface area contributed by atoms with Crippen LogP contribution in [0.4, 0.5) is 4.39 Å². The number of benzene rings is 2. The number of hydrogen-bond donors (Lipinski definition) is 0. The Balaban J connectivity index is 2.11. The molecule has 0 fully saturated rings. The van der Waals surface area contributed by atoms with Gasteiger partial charge in [0.05, 0.1) is 12.5 Å². The fourth-order valence-electron chi connectivity index (χ4n) is 3.52. The lowest BCUT2D eigenvalue weighted by Crippen LogP contribution is -2.25. The van der Waals surface area contributed by atoms with E-state index >= 15 is 0 Å².